The van der Waals surface area contributed by atoms with Crippen LogP contribution in [0.4, 0.5) is 0 Å². The van der Waals surface area contributed by atoms with Crippen molar-refractivity contribution in [2.45, 2.75) is 32.6 Å². The Hall–Kier alpha value is -0.280. The van der Waals surface area contributed by atoms with Crippen LogP contribution < -0.4 is 5.32 Å². The first-order chi connectivity index (χ1) is 6.24. The molecule has 84 valence electrons. The SMILES string of the molecule is CCNCC1CCC(C(=O)O)CC1.Cl. The van der Waals surface area contributed by atoms with E-state index in [9.17, 15) is 4.79 Å². The van der Waals surface area contributed by atoms with Gasteiger partial charge in [0.15, 0.2) is 0 Å². The van der Waals surface area contributed by atoms with Crippen molar-refractivity contribution < 1.29 is 9.90 Å². The van der Waals surface area contributed by atoms with Gasteiger partial charge in [-0.25, -0.2) is 0 Å². The van der Waals surface area contributed by atoms with Crippen molar-refractivity contribution in [3.63, 3.8) is 0 Å². The van der Waals surface area contributed by atoms with Crippen LogP contribution in [0, 0.1) is 11.8 Å². The van der Waals surface area contributed by atoms with Gasteiger partial charge in [0.1, 0.15) is 0 Å². The molecule has 0 unspecified atom stereocenters. The molecular formula is C10H20ClNO2. The molecule has 0 aliphatic heterocycles. The summed E-state index contributed by atoms with van der Waals surface area (Å²) in [6, 6.07) is 0. The molecule has 1 fully saturated rings. The van der Waals surface area contributed by atoms with Gasteiger partial charge in [-0.05, 0) is 44.7 Å². The summed E-state index contributed by atoms with van der Waals surface area (Å²) in [4.78, 5) is 10.7. The molecule has 0 saturated heterocycles. The number of aliphatic carboxylic acids is 1. The Morgan fingerprint density at radius 3 is 2.36 bits per heavy atom. The van der Waals surface area contributed by atoms with Crippen molar-refractivity contribution >= 4 is 18.4 Å². The van der Waals surface area contributed by atoms with Gasteiger partial charge in [-0.3, -0.25) is 4.79 Å². The summed E-state index contributed by atoms with van der Waals surface area (Å²) >= 11 is 0. The Morgan fingerprint density at radius 2 is 1.93 bits per heavy atom. The van der Waals surface area contributed by atoms with Gasteiger partial charge in [0, 0.05) is 0 Å². The minimum atomic E-state index is -0.609. The topological polar surface area (TPSA) is 49.3 Å². The molecule has 0 aromatic rings. The lowest BCUT2D eigenvalue weighted by Crippen LogP contribution is -2.28. The molecule has 3 nitrogen and oxygen atoms in total. The van der Waals surface area contributed by atoms with Gasteiger partial charge in [-0.2, -0.15) is 0 Å². The summed E-state index contributed by atoms with van der Waals surface area (Å²) in [5, 5.41) is 12.1. The average Bonchev–Trinajstić information content (AvgIpc) is 2.15. The lowest BCUT2D eigenvalue weighted by Gasteiger charge is -2.25. The highest BCUT2D eigenvalue weighted by Crippen LogP contribution is 2.28. The number of rotatable bonds is 4. The van der Waals surface area contributed by atoms with Gasteiger partial charge in [-0.1, -0.05) is 6.92 Å². The maximum Gasteiger partial charge on any atom is 0.306 e. The average molecular weight is 222 g/mol. The minimum Gasteiger partial charge on any atom is -0.481 e. The molecule has 0 aromatic heterocycles. The second-order valence-corrected chi connectivity index (χ2v) is 3.86. The van der Waals surface area contributed by atoms with E-state index in [1.54, 1.807) is 0 Å². The molecule has 0 radical (unpaired) electrons. The van der Waals surface area contributed by atoms with Crippen LogP contribution in [0.25, 0.3) is 0 Å². The summed E-state index contributed by atoms with van der Waals surface area (Å²) in [5.41, 5.74) is 0. The Kier molecular flexibility index (Phi) is 6.93. The van der Waals surface area contributed by atoms with E-state index >= 15 is 0 Å². The third kappa shape index (κ3) is 4.29. The third-order valence-corrected chi connectivity index (χ3v) is 2.88. The highest BCUT2D eigenvalue weighted by molar-refractivity contribution is 5.85. The molecule has 1 aliphatic rings. The van der Waals surface area contributed by atoms with Gasteiger partial charge < -0.3 is 10.4 Å². The van der Waals surface area contributed by atoms with Crippen molar-refractivity contribution in [2.75, 3.05) is 13.1 Å². The molecule has 1 saturated carbocycles. The molecule has 0 aromatic carbocycles. The maximum atomic E-state index is 10.7. The normalized spacial score (nSPS) is 26.6. The molecule has 14 heavy (non-hydrogen) atoms. The summed E-state index contributed by atoms with van der Waals surface area (Å²) in [6.07, 6.45) is 3.88. The van der Waals surface area contributed by atoms with Crippen LogP contribution in [0.15, 0.2) is 0 Å². The van der Waals surface area contributed by atoms with Gasteiger partial charge in [-0.15, -0.1) is 12.4 Å². The molecule has 2 N–H and O–H groups in total. The van der Waals surface area contributed by atoms with Crippen LogP contribution in [0.2, 0.25) is 0 Å². The number of carboxylic acids is 1. The van der Waals surface area contributed by atoms with E-state index in [2.05, 4.69) is 12.2 Å². The largest absolute Gasteiger partial charge is 0.481 e. The highest BCUT2D eigenvalue weighted by atomic mass is 35.5. The van der Waals surface area contributed by atoms with Crippen molar-refractivity contribution in [2.24, 2.45) is 11.8 Å². The number of carbonyl (C=O) groups is 1. The number of halogens is 1. The predicted molar refractivity (Wildman–Crippen MR) is 58.9 cm³/mol. The van der Waals surface area contributed by atoms with E-state index in [0.29, 0.717) is 5.92 Å². The molecular weight excluding hydrogens is 202 g/mol. The molecule has 0 amide bonds. The van der Waals surface area contributed by atoms with Crippen LogP contribution in [0.3, 0.4) is 0 Å². The first-order valence-electron chi connectivity index (χ1n) is 5.17. The highest BCUT2D eigenvalue weighted by Gasteiger charge is 2.25. The zero-order valence-corrected chi connectivity index (χ0v) is 9.48. The molecule has 1 rings (SSSR count). The first kappa shape index (κ1) is 13.7. The molecule has 0 heterocycles. The van der Waals surface area contributed by atoms with Crippen LogP contribution in [-0.2, 0) is 4.79 Å². The Morgan fingerprint density at radius 1 is 1.36 bits per heavy atom. The number of hydrogen-bond donors (Lipinski definition) is 2. The lowest BCUT2D eigenvalue weighted by molar-refractivity contribution is -0.143. The lowest BCUT2D eigenvalue weighted by atomic mass is 9.82. The number of hydrogen-bond acceptors (Lipinski definition) is 2. The van der Waals surface area contributed by atoms with Crippen LogP contribution in [0.1, 0.15) is 32.6 Å². The summed E-state index contributed by atoms with van der Waals surface area (Å²) < 4.78 is 0. The zero-order chi connectivity index (χ0) is 9.68. The van der Waals surface area contributed by atoms with Gasteiger partial charge in [0.25, 0.3) is 0 Å². The summed E-state index contributed by atoms with van der Waals surface area (Å²) in [7, 11) is 0. The molecule has 0 spiro atoms. The quantitative estimate of drug-likeness (QED) is 0.763. The monoisotopic (exact) mass is 221 g/mol. The predicted octanol–water partition coefficient (Wildman–Crippen LogP) is 1.91. The van der Waals surface area contributed by atoms with E-state index in [1.165, 1.54) is 0 Å². The Labute approximate surface area is 91.7 Å². The second-order valence-electron chi connectivity index (χ2n) is 3.86. The van der Waals surface area contributed by atoms with Gasteiger partial charge in [0.05, 0.1) is 5.92 Å². The summed E-state index contributed by atoms with van der Waals surface area (Å²) in [6.45, 7) is 4.17. The zero-order valence-electron chi connectivity index (χ0n) is 8.66. The van der Waals surface area contributed by atoms with E-state index in [0.717, 1.165) is 38.8 Å². The van der Waals surface area contributed by atoms with Crippen LogP contribution in [-0.4, -0.2) is 24.2 Å². The van der Waals surface area contributed by atoms with Gasteiger partial charge in [0.2, 0.25) is 0 Å². The fraction of sp³-hybridized carbons (Fsp3) is 0.900. The van der Waals surface area contributed by atoms with Crippen molar-refractivity contribution in [1.82, 2.24) is 5.32 Å². The fourth-order valence-corrected chi connectivity index (χ4v) is 1.96. The first-order valence-corrected chi connectivity index (χ1v) is 5.17. The maximum absolute atomic E-state index is 10.7. The van der Waals surface area contributed by atoms with Gasteiger partial charge >= 0.3 is 5.97 Å². The molecule has 4 heteroatoms. The smallest absolute Gasteiger partial charge is 0.306 e. The van der Waals surface area contributed by atoms with E-state index in [-0.39, 0.29) is 18.3 Å². The van der Waals surface area contributed by atoms with Crippen molar-refractivity contribution in [1.29, 1.82) is 0 Å². The number of carboxylic acid groups (broad SMARTS) is 1. The van der Waals surface area contributed by atoms with Crippen LogP contribution >= 0.6 is 12.4 Å². The summed E-state index contributed by atoms with van der Waals surface area (Å²) in [5.74, 6) is 0.0235. The van der Waals surface area contributed by atoms with Crippen molar-refractivity contribution in [3.8, 4) is 0 Å². The van der Waals surface area contributed by atoms with E-state index in [4.69, 9.17) is 5.11 Å². The molecule has 0 bridgehead atoms. The Balaban J connectivity index is 0.00000169. The second kappa shape index (κ2) is 7.07. The van der Waals surface area contributed by atoms with Crippen molar-refractivity contribution in [3.05, 3.63) is 0 Å². The van der Waals surface area contributed by atoms with Crippen LogP contribution in [0.5, 0.6) is 0 Å². The van der Waals surface area contributed by atoms with E-state index < -0.39 is 5.97 Å². The molecule has 1 aliphatic carbocycles. The third-order valence-electron chi connectivity index (χ3n) is 2.88. The standard InChI is InChI=1S/C10H19NO2.ClH/c1-2-11-7-8-3-5-9(6-4-8)10(12)13;/h8-9,11H,2-7H2,1H3,(H,12,13);1H. The number of nitrogens with one attached hydrogen (secondary N) is 1. The fourth-order valence-electron chi connectivity index (χ4n) is 1.96. The van der Waals surface area contributed by atoms with E-state index in [1.807, 2.05) is 0 Å². The molecule has 0 atom stereocenters. The Bertz CT molecular complexity index is 168. The minimum absolute atomic E-state index is 0.